The predicted molar refractivity (Wildman–Crippen MR) is 92.8 cm³/mol. The number of benzene rings is 1. The largest absolute Gasteiger partial charge is 0.496 e. The Balaban J connectivity index is 2.20. The van der Waals surface area contributed by atoms with E-state index in [2.05, 4.69) is 25.6 Å². The second-order valence-electron chi connectivity index (χ2n) is 6.48. The van der Waals surface area contributed by atoms with Gasteiger partial charge in [0.2, 0.25) is 0 Å². The molecule has 0 spiro atoms. The number of aryl methyl sites for hydroxylation is 1. The number of rotatable bonds is 6. The van der Waals surface area contributed by atoms with Crippen LogP contribution in [0, 0.1) is 12.8 Å². The maximum Gasteiger partial charge on any atom is 0.308 e. The van der Waals surface area contributed by atoms with Gasteiger partial charge < -0.3 is 9.47 Å². The van der Waals surface area contributed by atoms with E-state index in [1.165, 1.54) is 5.56 Å². The number of ether oxygens (including phenoxy) is 2. The van der Waals surface area contributed by atoms with Crippen molar-refractivity contribution >= 4 is 5.97 Å². The quantitative estimate of drug-likeness (QED) is 0.569. The third-order valence-electron chi connectivity index (χ3n) is 5.10. The highest BCUT2D eigenvalue weighted by Gasteiger charge is 2.38. The Morgan fingerprint density at radius 1 is 1.39 bits per heavy atom. The van der Waals surface area contributed by atoms with E-state index in [1.54, 1.807) is 7.11 Å². The van der Waals surface area contributed by atoms with Crippen LogP contribution in [-0.4, -0.2) is 19.7 Å². The molecule has 0 atom stereocenters. The number of hydrogen-bond acceptors (Lipinski definition) is 3. The lowest BCUT2D eigenvalue weighted by atomic mass is 9.64. The Morgan fingerprint density at radius 2 is 2.09 bits per heavy atom. The van der Waals surface area contributed by atoms with Crippen molar-refractivity contribution in [2.45, 2.75) is 51.4 Å². The molecule has 0 amide bonds. The van der Waals surface area contributed by atoms with E-state index in [1.807, 2.05) is 19.1 Å². The molecule has 0 unspecified atom stereocenters. The minimum Gasteiger partial charge on any atom is -0.496 e. The molecule has 1 aliphatic carbocycles. The molecule has 1 aliphatic rings. The first-order valence-corrected chi connectivity index (χ1v) is 8.49. The maximum absolute atomic E-state index is 12.0. The summed E-state index contributed by atoms with van der Waals surface area (Å²) in [7, 11) is 1.70. The summed E-state index contributed by atoms with van der Waals surface area (Å²) in [6, 6.07) is 6.44. The molecule has 0 heterocycles. The zero-order valence-electron chi connectivity index (χ0n) is 14.6. The summed E-state index contributed by atoms with van der Waals surface area (Å²) in [6.45, 7) is 8.35. The van der Waals surface area contributed by atoms with E-state index < -0.39 is 0 Å². The standard InChI is InChI=1S/C20H28O3/c1-5-11-20(17-7-8-18(22-4)15(3)14-17)12-9-16(10-13-20)19(21)23-6-2/h5,7-8,14,16H,1,6,9-13H2,2-4H3. The van der Waals surface area contributed by atoms with Gasteiger partial charge in [-0.25, -0.2) is 0 Å². The summed E-state index contributed by atoms with van der Waals surface area (Å²) < 4.78 is 10.6. The Morgan fingerprint density at radius 3 is 2.61 bits per heavy atom. The molecule has 23 heavy (non-hydrogen) atoms. The Hall–Kier alpha value is -1.77. The topological polar surface area (TPSA) is 35.5 Å². The van der Waals surface area contributed by atoms with Crippen LogP contribution < -0.4 is 4.74 Å². The van der Waals surface area contributed by atoms with Crippen LogP contribution >= 0.6 is 0 Å². The van der Waals surface area contributed by atoms with Crippen LogP contribution in [-0.2, 0) is 14.9 Å². The molecule has 0 N–H and O–H groups in total. The first-order valence-electron chi connectivity index (χ1n) is 8.49. The van der Waals surface area contributed by atoms with Crippen molar-refractivity contribution in [3.8, 4) is 5.75 Å². The lowest BCUT2D eigenvalue weighted by Crippen LogP contribution is -2.34. The summed E-state index contributed by atoms with van der Waals surface area (Å²) in [5, 5.41) is 0. The van der Waals surface area contributed by atoms with Gasteiger partial charge >= 0.3 is 5.97 Å². The van der Waals surface area contributed by atoms with Crippen LogP contribution in [0.2, 0.25) is 0 Å². The van der Waals surface area contributed by atoms with Crippen LogP contribution in [0.3, 0.4) is 0 Å². The van der Waals surface area contributed by atoms with Crippen molar-refractivity contribution in [2.75, 3.05) is 13.7 Å². The highest BCUT2D eigenvalue weighted by Crippen LogP contribution is 2.45. The molecule has 1 aromatic rings. The van der Waals surface area contributed by atoms with Gasteiger partial charge in [-0.2, -0.15) is 0 Å². The maximum atomic E-state index is 12.0. The van der Waals surface area contributed by atoms with Gasteiger partial charge in [0.25, 0.3) is 0 Å². The van der Waals surface area contributed by atoms with E-state index in [-0.39, 0.29) is 17.3 Å². The van der Waals surface area contributed by atoms with E-state index >= 15 is 0 Å². The van der Waals surface area contributed by atoms with Gasteiger partial charge in [0.1, 0.15) is 5.75 Å². The van der Waals surface area contributed by atoms with Crippen molar-refractivity contribution < 1.29 is 14.3 Å². The number of carbonyl (C=O) groups is 1. The second-order valence-corrected chi connectivity index (χ2v) is 6.48. The minimum absolute atomic E-state index is 0.0365. The molecule has 2 rings (SSSR count). The van der Waals surface area contributed by atoms with Gasteiger partial charge in [-0.3, -0.25) is 4.79 Å². The molecule has 3 heteroatoms. The SMILES string of the molecule is C=CCC1(c2ccc(OC)c(C)c2)CCC(C(=O)OCC)CC1. The predicted octanol–water partition coefficient (Wildman–Crippen LogP) is 4.57. The van der Waals surface area contributed by atoms with E-state index in [0.717, 1.165) is 43.4 Å². The van der Waals surface area contributed by atoms with Crippen LogP contribution in [0.5, 0.6) is 5.75 Å². The van der Waals surface area contributed by atoms with Gasteiger partial charge in [0.05, 0.1) is 19.6 Å². The number of esters is 1. The summed E-state index contributed by atoms with van der Waals surface area (Å²) in [6.07, 6.45) is 6.70. The third kappa shape index (κ3) is 3.77. The number of hydrogen-bond donors (Lipinski definition) is 0. The monoisotopic (exact) mass is 316 g/mol. The lowest BCUT2D eigenvalue weighted by molar-refractivity contribution is -0.149. The smallest absolute Gasteiger partial charge is 0.308 e. The molecule has 3 nitrogen and oxygen atoms in total. The zero-order valence-corrected chi connectivity index (χ0v) is 14.6. The Labute approximate surface area is 139 Å². The van der Waals surface area contributed by atoms with E-state index in [9.17, 15) is 4.79 Å². The fourth-order valence-corrected chi connectivity index (χ4v) is 3.76. The third-order valence-corrected chi connectivity index (χ3v) is 5.10. The average Bonchev–Trinajstić information content (AvgIpc) is 2.56. The number of allylic oxidation sites excluding steroid dienone is 1. The Bertz CT molecular complexity index is 554. The molecule has 0 bridgehead atoms. The van der Waals surface area contributed by atoms with Crippen molar-refractivity contribution in [1.82, 2.24) is 0 Å². The van der Waals surface area contributed by atoms with E-state index in [4.69, 9.17) is 9.47 Å². The molecule has 1 saturated carbocycles. The lowest BCUT2D eigenvalue weighted by Gasteiger charge is -2.40. The highest BCUT2D eigenvalue weighted by molar-refractivity contribution is 5.72. The van der Waals surface area contributed by atoms with Gasteiger partial charge in [0.15, 0.2) is 0 Å². The van der Waals surface area contributed by atoms with Crippen molar-refractivity contribution in [3.05, 3.63) is 42.0 Å². The first-order chi connectivity index (χ1) is 11.1. The molecule has 126 valence electrons. The van der Waals surface area contributed by atoms with Gasteiger partial charge in [-0.05, 0) is 68.6 Å². The fourth-order valence-electron chi connectivity index (χ4n) is 3.76. The summed E-state index contributed by atoms with van der Waals surface area (Å²) in [4.78, 5) is 12.0. The van der Waals surface area contributed by atoms with Crippen molar-refractivity contribution in [3.63, 3.8) is 0 Å². The van der Waals surface area contributed by atoms with Crippen molar-refractivity contribution in [2.24, 2.45) is 5.92 Å². The second kappa shape index (κ2) is 7.67. The molecule has 0 radical (unpaired) electrons. The molecule has 0 aromatic heterocycles. The minimum atomic E-state index is -0.0365. The summed E-state index contributed by atoms with van der Waals surface area (Å²) in [5.74, 6) is 0.931. The molecule has 1 aromatic carbocycles. The fraction of sp³-hybridized carbons (Fsp3) is 0.550. The molecular weight excluding hydrogens is 288 g/mol. The zero-order chi connectivity index (χ0) is 16.9. The van der Waals surface area contributed by atoms with Crippen LogP contribution in [0.15, 0.2) is 30.9 Å². The molecule has 0 aliphatic heterocycles. The summed E-state index contributed by atoms with van der Waals surface area (Å²) in [5.41, 5.74) is 2.57. The highest BCUT2D eigenvalue weighted by atomic mass is 16.5. The number of methoxy groups -OCH3 is 1. The van der Waals surface area contributed by atoms with Gasteiger partial charge in [-0.15, -0.1) is 6.58 Å². The normalized spacial score (nSPS) is 24.0. The van der Waals surface area contributed by atoms with Gasteiger partial charge in [0, 0.05) is 0 Å². The molecule has 0 saturated heterocycles. The van der Waals surface area contributed by atoms with Gasteiger partial charge in [-0.1, -0.05) is 18.2 Å². The molecule has 1 fully saturated rings. The van der Waals surface area contributed by atoms with Crippen LogP contribution in [0.25, 0.3) is 0 Å². The number of carbonyl (C=O) groups excluding carboxylic acids is 1. The van der Waals surface area contributed by atoms with E-state index in [0.29, 0.717) is 6.61 Å². The Kier molecular flexibility index (Phi) is 5.86. The summed E-state index contributed by atoms with van der Waals surface area (Å²) >= 11 is 0. The molecular formula is C20H28O3. The average molecular weight is 316 g/mol. The first kappa shape index (κ1) is 17.6. The van der Waals surface area contributed by atoms with Crippen LogP contribution in [0.4, 0.5) is 0 Å². The van der Waals surface area contributed by atoms with Crippen molar-refractivity contribution in [1.29, 1.82) is 0 Å². The van der Waals surface area contributed by atoms with Crippen LogP contribution in [0.1, 0.15) is 50.2 Å².